The molecule has 0 aliphatic heterocycles. The number of rotatable bonds is 12. The molecule has 0 saturated carbocycles. The molecular formula is C27H31N2O4. The Morgan fingerprint density at radius 1 is 0.909 bits per heavy atom. The number of carbonyl (C=O) groups excluding carboxylic acids is 1. The fraction of sp³-hybridized carbons (Fsp3) is 0.259. The van der Waals surface area contributed by atoms with Crippen molar-refractivity contribution in [3.05, 3.63) is 102 Å². The molecule has 0 aromatic heterocycles. The first-order valence-electron chi connectivity index (χ1n) is 11.0. The third-order valence-electron chi connectivity index (χ3n) is 5.32. The van der Waals surface area contributed by atoms with Crippen LogP contribution in [0.2, 0.25) is 0 Å². The minimum Gasteiger partial charge on any atom is -0.497 e. The van der Waals surface area contributed by atoms with Crippen molar-refractivity contribution in [2.45, 2.75) is 32.0 Å². The molecule has 3 aromatic rings. The van der Waals surface area contributed by atoms with Gasteiger partial charge in [0.2, 0.25) is 0 Å². The summed E-state index contributed by atoms with van der Waals surface area (Å²) >= 11 is 0. The maximum Gasteiger partial charge on any atom is 0.409 e. The number of methoxy groups -OCH3 is 1. The maximum absolute atomic E-state index is 10.9. The minimum absolute atomic E-state index is 0.416. The average Bonchev–Trinajstić information content (AvgIpc) is 2.83. The molecule has 6 nitrogen and oxygen atoms in total. The van der Waals surface area contributed by atoms with Crippen LogP contribution in [0.5, 0.6) is 11.5 Å². The summed E-state index contributed by atoms with van der Waals surface area (Å²) in [6, 6.07) is 25.4. The number of benzene rings is 3. The molecule has 0 spiro atoms. The second-order valence-electron chi connectivity index (χ2n) is 7.91. The van der Waals surface area contributed by atoms with Crippen LogP contribution in [0.4, 0.5) is 4.79 Å². The molecule has 3 rings (SSSR count). The largest absolute Gasteiger partial charge is 0.497 e. The molecule has 6 heteroatoms. The molecule has 0 heterocycles. The van der Waals surface area contributed by atoms with Crippen molar-refractivity contribution in [3.63, 3.8) is 0 Å². The van der Waals surface area contributed by atoms with Crippen LogP contribution in [0.15, 0.2) is 78.9 Å². The van der Waals surface area contributed by atoms with Crippen molar-refractivity contribution in [2.75, 3.05) is 13.7 Å². The smallest absolute Gasteiger partial charge is 0.409 e. The van der Waals surface area contributed by atoms with E-state index in [1.165, 1.54) is 5.56 Å². The highest BCUT2D eigenvalue weighted by Gasteiger charge is 2.12. The Morgan fingerprint density at radius 3 is 2.03 bits per heavy atom. The van der Waals surface area contributed by atoms with Crippen LogP contribution in [0.1, 0.15) is 23.1 Å². The second-order valence-corrected chi connectivity index (χ2v) is 7.91. The number of carbonyl (C=O) groups is 1. The molecule has 1 radical (unpaired) electrons. The molecule has 0 unspecified atom stereocenters. The van der Waals surface area contributed by atoms with Gasteiger partial charge < -0.3 is 20.3 Å². The topological polar surface area (TPSA) is 85.0 Å². The molecule has 1 atom stereocenters. The van der Waals surface area contributed by atoms with Crippen LogP contribution in [0.3, 0.4) is 0 Å². The number of aliphatic hydroxyl groups is 1. The average molecular weight is 448 g/mol. The van der Waals surface area contributed by atoms with Gasteiger partial charge in [0.25, 0.3) is 0 Å². The lowest BCUT2D eigenvalue weighted by atomic mass is 10.0. The summed E-state index contributed by atoms with van der Waals surface area (Å²) in [5, 5.41) is 10.5. The molecule has 0 aliphatic rings. The highest BCUT2D eigenvalue weighted by molar-refractivity contribution is 5.68. The predicted octanol–water partition coefficient (Wildman–Crippen LogP) is 4.35. The van der Waals surface area contributed by atoms with Crippen LogP contribution in [-0.2, 0) is 19.5 Å². The SMILES string of the molecule is COc1ccc(CN(CC[C@H](O)[CH]Cc2ccccc2)Cc2ccc(OC(N)=O)cc2)cc1. The van der Waals surface area contributed by atoms with E-state index in [1.807, 2.05) is 61.0 Å². The number of aliphatic hydroxyl groups excluding tert-OH is 1. The Balaban J connectivity index is 1.60. The van der Waals surface area contributed by atoms with Gasteiger partial charge in [0.15, 0.2) is 0 Å². The van der Waals surface area contributed by atoms with Crippen molar-refractivity contribution < 1.29 is 19.4 Å². The first-order valence-corrected chi connectivity index (χ1v) is 11.0. The third kappa shape index (κ3) is 8.60. The Kier molecular flexibility index (Phi) is 9.30. The van der Waals surface area contributed by atoms with E-state index in [-0.39, 0.29) is 0 Å². The zero-order valence-electron chi connectivity index (χ0n) is 18.9. The monoisotopic (exact) mass is 447 g/mol. The Morgan fingerprint density at radius 2 is 1.48 bits per heavy atom. The van der Waals surface area contributed by atoms with Crippen molar-refractivity contribution in [1.29, 1.82) is 0 Å². The number of amides is 1. The van der Waals surface area contributed by atoms with E-state index in [4.69, 9.17) is 15.2 Å². The lowest BCUT2D eigenvalue weighted by Crippen LogP contribution is -2.27. The van der Waals surface area contributed by atoms with Gasteiger partial charge in [-0.1, -0.05) is 54.6 Å². The normalized spacial score (nSPS) is 11.8. The summed E-state index contributed by atoms with van der Waals surface area (Å²) < 4.78 is 10.2. The summed E-state index contributed by atoms with van der Waals surface area (Å²) in [5.74, 6) is 1.24. The van der Waals surface area contributed by atoms with Crippen molar-refractivity contribution in [2.24, 2.45) is 5.73 Å². The van der Waals surface area contributed by atoms with Gasteiger partial charge in [-0.15, -0.1) is 0 Å². The number of hydrogen-bond donors (Lipinski definition) is 2. The van der Waals surface area contributed by atoms with E-state index in [0.29, 0.717) is 18.7 Å². The number of nitrogens with zero attached hydrogens (tertiary/aromatic N) is 1. The van der Waals surface area contributed by atoms with Crippen LogP contribution < -0.4 is 15.2 Å². The Bertz CT molecular complexity index is 975. The predicted molar refractivity (Wildman–Crippen MR) is 129 cm³/mol. The van der Waals surface area contributed by atoms with Crippen LogP contribution in [0.25, 0.3) is 0 Å². The van der Waals surface area contributed by atoms with E-state index in [2.05, 4.69) is 17.0 Å². The molecule has 0 bridgehead atoms. The molecule has 33 heavy (non-hydrogen) atoms. The van der Waals surface area contributed by atoms with Gasteiger partial charge in [-0.05, 0) is 60.2 Å². The fourth-order valence-electron chi connectivity index (χ4n) is 3.56. The lowest BCUT2D eigenvalue weighted by molar-refractivity contribution is 0.157. The van der Waals surface area contributed by atoms with Gasteiger partial charge >= 0.3 is 6.09 Å². The van der Waals surface area contributed by atoms with E-state index in [1.54, 1.807) is 19.2 Å². The van der Waals surface area contributed by atoms with Gasteiger partial charge in [-0.25, -0.2) is 4.79 Å². The molecule has 0 aliphatic carbocycles. The van der Waals surface area contributed by atoms with E-state index in [9.17, 15) is 9.90 Å². The third-order valence-corrected chi connectivity index (χ3v) is 5.32. The quantitative estimate of drug-likeness (QED) is 0.431. The van der Waals surface area contributed by atoms with Gasteiger partial charge in [0.05, 0.1) is 13.2 Å². The number of primary amides is 1. The second kappa shape index (κ2) is 12.6. The number of ether oxygens (including phenoxy) is 2. The summed E-state index contributed by atoms with van der Waals surface area (Å²) in [7, 11) is 1.65. The molecule has 0 fully saturated rings. The van der Waals surface area contributed by atoms with Crippen molar-refractivity contribution in [3.8, 4) is 11.5 Å². The number of nitrogens with two attached hydrogens (primary N) is 1. The van der Waals surface area contributed by atoms with E-state index in [0.717, 1.165) is 36.4 Å². The van der Waals surface area contributed by atoms with Crippen molar-refractivity contribution >= 4 is 6.09 Å². The van der Waals surface area contributed by atoms with E-state index < -0.39 is 12.2 Å². The van der Waals surface area contributed by atoms with Crippen LogP contribution >= 0.6 is 0 Å². The van der Waals surface area contributed by atoms with Crippen molar-refractivity contribution in [1.82, 2.24) is 4.90 Å². The van der Waals surface area contributed by atoms with Crippen LogP contribution in [0, 0.1) is 6.42 Å². The summed E-state index contributed by atoms with van der Waals surface area (Å²) in [6.07, 6.45) is 2.00. The Labute approximate surface area is 195 Å². The molecule has 3 N–H and O–H groups in total. The summed E-state index contributed by atoms with van der Waals surface area (Å²) in [5.41, 5.74) is 8.49. The highest BCUT2D eigenvalue weighted by Crippen LogP contribution is 2.18. The number of hydrogen-bond acceptors (Lipinski definition) is 5. The van der Waals surface area contributed by atoms with E-state index >= 15 is 0 Å². The molecule has 1 amide bonds. The first-order chi connectivity index (χ1) is 16.0. The van der Waals surface area contributed by atoms with Gasteiger partial charge in [-0.3, -0.25) is 4.90 Å². The zero-order valence-corrected chi connectivity index (χ0v) is 18.9. The molecule has 173 valence electrons. The highest BCUT2D eigenvalue weighted by atomic mass is 16.5. The van der Waals surface area contributed by atoms with Gasteiger partial charge in [-0.2, -0.15) is 0 Å². The summed E-state index contributed by atoms with van der Waals surface area (Å²) in [6.45, 7) is 2.14. The maximum atomic E-state index is 10.9. The first kappa shape index (κ1) is 24.3. The Hall–Kier alpha value is -3.35. The molecular weight excluding hydrogens is 416 g/mol. The van der Waals surface area contributed by atoms with Crippen LogP contribution in [-0.4, -0.2) is 35.9 Å². The minimum atomic E-state index is -0.829. The molecule has 0 saturated heterocycles. The summed E-state index contributed by atoms with van der Waals surface area (Å²) in [4.78, 5) is 13.2. The lowest BCUT2D eigenvalue weighted by Gasteiger charge is -2.24. The fourth-order valence-corrected chi connectivity index (χ4v) is 3.56. The zero-order chi connectivity index (χ0) is 23.5. The van der Waals surface area contributed by atoms with Gasteiger partial charge in [0, 0.05) is 19.6 Å². The standard InChI is InChI=1S/C27H31N2O4/c1-32-25-13-8-22(9-14-25)19-29(20-23-10-15-26(16-11-23)33-27(28)31)18-17-24(30)12-7-21-5-3-2-4-6-21/h2-6,8-16,24,30H,7,17-20H2,1H3,(H2,28,31)/t24-/m1/s1. The molecule has 3 aromatic carbocycles. The van der Waals surface area contributed by atoms with Gasteiger partial charge in [0.1, 0.15) is 11.5 Å².